The Morgan fingerprint density at radius 3 is 2.89 bits per heavy atom. The number of carbonyl (C=O) groups is 1. The third kappa shape index (κ3) is 4.97. The minimum Gasteiger partial charge on any atom is -0.481 e. The van der Waals surface area contributed by atoms with Crippen LogP contribution in [0.5, 0.6) is 0 Å². The molecular formula is C10H17N3O5S. The summed E-state index contributed by atoms with van der Waals surface area (Å²) in [5.41, 5.74) is 0. The molecule has 1 heterocycles. The molecule has 1 aromatic rings. The van der Waals surface area contributed by atoms with Gasteiger partial charge in [-0.25, -0.2) is 13.1 Å². The van der Waals surface area contributed by atoms with E-state index < -0.39 is 16.0 Å². The van der Waals surface area contributed by atoms with Crippen LogP contribution in [0.2, 0.25) is 0 Å². The first-order valence-electron chi connectivity index (χ1n) is 5.62. The highest BCUT2D eigenvalue weighted by Crippen LogP contribution is 2.07. The quantitative estimate of drug-likeness (QED) is 0.678. The van der Waals surface area contributed by atoms with E-state index in [0.29, 0.717) is 0 Å². The zero-order valence-corrected chi connectivity index (χ0v) is 11.6. The van der Waals surface area contributed by atoms with Gasteiger partial charge in [-0.3, -0.25) is 9.48 Å². The van der Waals surface area contributed by atoms with Gasteiger partial charge in [0.2, 0.25) is 10.0 Å². The molecule has 0 bridgehead atoms. The number of rotatable bonds is 8. The molecule has 19 heavy (non-hydrogen) atoms. The standard InChI is InChI=1S/C10H17N3O5S/c1-8(18-2)5-12-19(16,17)9-6-11-13(7-9)4-3-10(14)15/h6-8,12H,3-5H2,1-2H3,(H,14,15). The molecule has 0 saturated carbocycles. The fourth-order valence-electron chi connectivity index (χ4n) is 1.21. The normalized spacial score (nSPS) is 13.4. The molecule has 0 aliphatic heterocycles. The highest BCUT2D eigenvalue weighted by atomic mass is 32.2. The Morgan fingerprint density at radius 2 is 2.32 bits per heavy atom. The third-order valence-corrected chi connectivity index (χ3v) is 3.82. The Bertz CT molecular complexity index is 525. The number of carboxylic acid groups (broad SMARTS) is 1. The summed E-state index contributed by atoms with van der Waals surface area (Å²) in [6.07, 6.45) is 2.12. The minimum atomic E-state index is -3.64. The smallest absolute Gasteiger partial charge is 0.305 e. The summed E-state index contributed by atoms with van der Waals surface area (Å²) in [5, 5.41) is 12.3. The molecular weight excluding hydrogens is 274 g/mol. The van der Waals surface area contributed by atoms with Gasteiger partial charge in [-0.2, -0.15) is 5.10 Å². The molecule has 1 rings (SSSR count). The first-order chi connectivity index (χ1) is 8.85. The van der Waals surface area contributed by atoms with Crippen LogP contribution in [0, 0.1) is 0 Å². The number of methoxy groups -OCH3 is 1. The second-order valence-electron chi connectivity index (χ2n) is 3.98. The lowest BCUT2D eigenvalue weighted by Gasteiger charge is -2.10. The Morgan fingerprint density at radius 1 is 1.63 bits per heavy atom. The molecule has 1 aromatic heterocycles. The molecule has 0 saturated heterocycles. The first-order valence-corrected chi connectivity index (χ1v) is 7.10. The molecule has 0 aliphatic rings. The van der Waals surface area contributed by atoms with Crippen LogP contribution in [0.25, 0.3) is 0 Å². The van der Waals surface area contributed by atoms with Gasteiger partial charge in [-0.05, 0) is 6.92 Å². The Hall–Kier alpha value is -1.45. The monoisotopic (exact) mass is 291 g/mol. The fourth-order valence-corrected chi connectivity index (χ4v) is 2.28. The van der Waals surface area contributed by atoms with E-state index in [4.69, 9.17) is 9.84 Å². The van der Waals surface area contributed by atoms with E-state index in [2.05, 4.69) is 9.82 Å². The molecule has 108 valence electrons. The summed E-state index contributed by atoms with van der Waals surface area (Å²) in [4.78, 5) is 10.4. The van der Waals surface area contributed by atoms with Crippen LogP contribution in [-0.2, 0) is 26.1 Å². The minimum absolute atomic E-state index is 0.00110. The number of sulfonamides is 1. The van der Waals surface area contributed by atoms with Crippen LogP contribution in [0.15, 0.2) is 17.3 Å². The number of nitrogens with one attached hydrogen (secondary N) is 1. The maximum absolute atomic E-state index is 11.9. The number of ether oxygens (including phenoxy) is 1. The van der Waals surface area contributed by atoms with Gasteiger partial charge in [0, 0.05) is 19.9 Å². The van der Waals surface area contributed by atoms with Crippen LogP contribution in [0.1, 0.15) is 13.3 Å². The molecule has 0 fully saturated rings. The summed E-state index contributed by atoms with van der Waals surface area (Å²) >= 11 is 0. The van der Waals surface area contributed by atoms with Crippen LogP contribution >= 0.6 is 0 Å². The maximum Gasteiger partial charge on any atom is 0.305 e. The average Bonchev–Trinajstić information content (AvgIpc) is 2.83. The highest BCUT2D eigenvalue weighted by Gasteiger charge is 2.17. The van der Waals surface area contributed by atoms with E-state index in [1.807, 2.05) is 0 Å². The topological polar surface area (TPSA) is 111 Å². The lowest BCUT2D eigenvalue weighted by atomic mass is 10.4. The van der Waals surface area contributed by atoms with Crippen molar-refractivity contribution >= 4 is 16.0 Å². The van der Waals surface area contributed by atoms with E-state index >= 15 is 0 Å². The predicted octanol–water partition coefficient (Wildman–Crippen LogP) is -0.329. The van der Waals surface area contributed by atoms with Gasteiger partial charge in [0.05, 0.1) is 25.3 Å². The lowest BCUT2D eigenvalue weighted by Crippen LogP contribution is -2.31. The number of aliphatic carboxylic acids is 1. The Labute approximate surface area is 111 Å². The van der Waals surface area contributed by atoms with Crippen molar-refractivity contribution in [3.63, 3.8) is 0 Å². The molecule has 0 spiro atoms. The van der Waals surface area contributed by atoms with Gasteiger partial charge in [-0.15, -0.1) is 0 Å². The lowest BCUT2D eigenvalue weighted by molar-refractivity contribution is -0.137. The van der Waals surface area contributed by atoms with Crippen molar-refractivity contribution in [3.05, 3.63) is 12.4 Å². The summed E-state index contributed by atoms with van der Waals surface area (Å²) in [5.74, 6) is -0.966. The third-order valence-electron chi connectivity index (χ3n) is 2.44. The zero-order valence-electron chi connectivity index (χ0n) is 10.7. The summed E-state index contributed by atoms with van der Waals surface area (Å²) in [6.45, 7) is 2.01. The number of aromatic nitrogens is 2. The van der Waals surface area contributed by atoms with Crippen molar-refractivity contribution in [1.82, 2.24) is 14.5 Å². The van der Waals surface area contributed by atoms with Crippen LogP contribution in [-0.4, -0.2) is 49.0 Å². The number of nitrogens with zero attached hydrogens (tertiary/aromatic N) is 2. The molecule has 9 heteroatoms. The van der Waals surface area contributed by atoms with Crippen molar-refractivity contribution < 1.29 is 23.1 Å². The van der Waals surface area contributed by atoms with Crippen molar-refractivity contribution in [2.75, 3.05) is 13.7 Å². The number of aryl methyl sites for hydroxylation is 1. The largest absolute Gasteiger partial charge is 0.481 e. The van der Waals surface area contributed by atoms with Gasteiger partial charge in [0.25, 0.3) is 0 Å². The summed E-state index contributed by atoms with van der Waals surface area (Å²) in [6, 6.07) is 0. The van der Waals surface area contributed by atoms with Crippen molar-refractivity contribution in [2.24, 2.45) is 0 Å². The van der Waals surface area contributed by atoms with E-state index in [1.54, 1.807) is 6.92 Å². The highest BCUT2D eigenvalue weighted by molar-refractivity contribution is 7.89. The second-order valence-corrected chi connectivity index (χ2v) is 5.75. The molecule has 2 N–H and O–H groups in total. The van der Waals surface area contributed by atoms with E-state index in [9.17, 15) is 13.2 Å². The molecule has 8 nitrogen and oxygen atoms in total. The molecule has 1 atom stereocenters. The molecule has 0 radical (unpaired) electrons. The second kappa shape index (κ2) is 6.64. The van der Waals surface area contributed by atoms with E-state index in [-0.39, 0.29) is 30.5 Å². The Kier molecular flexibility index (Phi) is 5.45. The molecule has 0 amide bonds. The molecule has 1 unspecified atom stereocenters. The van der Waals surface area contributed by atoms with Gasteiger partial charge in [0.1, 0.15) is 4.90 Å². The van der Waals surface area contributed by atoms with E-state index in [0.717, 1.165) is 0 Å². The summed E-state index contributed by atoms with van der Waals surface area (Å²) in [7, 11) is -2.15. The predicted molar refractivity (Wildman–Crippen MR) is 66.1 cm³/mol. The van der Waals surface area contributed by atoms with Crippen molar-refractivity contribution in [3.8, 4) is 0 Å². The van der Waals surface area contributed by atoms with Gasteiger partial charge in [0.15, 0.2) is 0 Å². The number of hydrogen-bond acceptors (Lipinski definition) is 5. The van der Waals surface area contributed by atoms with Crippen LogP contribution in [0.4, 0.5) is 0 Å². The molecule has 0 aliphatic carbocycles. The Balaban J connectivity index is 2.66. The zero-order chi connectivity index (χ0) is 14.5. The fraction of sp³-hybridized carbons (Fsp3) is 0.600. The van der Waals surface area contributed by atoms with Gasteiger partial charge < -0.3 is 9.84 Å². The van der Waals surface area contributed by atoms with Crippen molar-refractivity contribution in [1.29, 1.82) is 0 Å². The van der Waals surface area contributed by atoms with Gasteiger partial charge in [-0.1, -0.05) is 0 Å². The number of hydrogen-bond donors (Lipinski definition) is 2. The van der Waals surface area contributed by atoms with Gasteiger partial charge >= 0.3 is 5.97 Å². The van der Waals surface area contributed by atoms with E-state index in [1.165, 1.54) is 24.2 Å². The SMILES string of the molecule is COC(C)CNS(=O)(=O)c1cnn(CCC(=O)O)c1. The summed E-state index contributed by atoms with van der Waals surface area (Å²) < 4.78 is 32.3. The van der Waals surface area contributed by atoms with Crippen LogP contribution in [0.3, 0.4) is 0 Å². The van der Waals surface area contributed by atoms with Crippen molar-refractivity contribution in [2.45, 2.75) is 30.9 Å². The average molecular weight is 291 g/mol. The maximum atomic E-state index is 11.9. The first kappa shape index (κ1) is 15.6. The number of carboxylic acids is 1. The van der Waals surface area contributed by atoms with Crippen LogP contribution < -0.4 is 4.72 Å². The molecule has 0 aromatic carbocycles.